The molecule has 1 saturated carbocycles. The molecule has 3 aliphatic rings. The number of carbonyl (C=O) groups excluding carboxylic acids is 1. The van der Waals surface area contributed by atoms with Crippen molar-refractivity contribution < 1.29 is 32.5 Å². The number of amides is 1. The number of hydrogen-bond acceptors (Lipinski definition) is 5. The van der Waals surface area contributed by atoms with Crippen molar-refractivity contribution in [3.63, 3.8) is 0 Å². The lowest BCUT2D eigenvalue weighted by Crippen LogP contribution is -2.71. The van der Waals surface area contributed by atoms with Gasteiger partial charge in [0.05, 0.1) is 18.2 Å². The van der Waals surface area contributed by atoms with E-state index in [0.717, 1.165) is 6.08 Å². The van der Waals surface area contributed by atoms with Crippen LogP contribution in [0.2, 0.25) is 0 Å². The first kappa shape index (κ1) is 21.5. The van der Waals surface area contributed by atoms with E-state index in [2.05, 4.69) is 0 Å². The first-order chi connectivity index (χ1) is 12.7. The molecule has 4 atom stereocenters. The molecule has 0 bridgehead atoms. The molecule has 1 aliphatic carbocycles. The fourth-order valence-corrected chi connectivity index (χ4v) is 4.31. The van der Waals surface area contributed by atoms with Crippen LogP contribution in [0.1, 0.15) is 54.4 Å². The summed E-state index contributed by atoms with van der Waals surface area (Å²) in [5.41, 5.74) is -2.26. The van der Waals surface area contributed by atoms with Crippen molar-refractivity contribution in [2.75, 3.05) is 13.7 Å². The van der Waals surface area contributed by atoms with Gasteiger partial charge in [-0.25, -0.2) is 4.79 Å². The van der Waals surface area contributed by atoms with Gasteiger partial charge in [0.2, 0.25) is 0 Å². The Morgan fingerprint density at radius 2 is 1.79 bits per heavy atom. The number of ether oxygens (including phenoxy) is 4. The van der Waals surface area contributed by atoms with E-state index in [4.69, 9.17) is 18.9 Å². The molecule has 0 radical (unpaired) electrons. The first-order valence-corrected chi connectivity index (χ1v) is 9.69. The smallest absolute Gasteiger partial charge is 0.410 e. The maximum absolute atomic E-state index is 13.4. The molecule has 6 nitrogen and oxygen atoms in total. The average molecular weight is 403 g/mol. The minimum absolute atomic E-state index is 0.223. The maximum atomic E-state index is 13.4. The highest BCUT2D eigenvalue weighted by atomic mass is 19.3. The topological polar surface area (TPSA) is 57.2 Å². The molecule has 2 saturated heterocycles. The van der Waals surface area contributed by atoms with E-state index in [1.165, 1.54) is 7.11 Å². The van der Waals surface area contributed by atoms with Crippen LogP contribution in [0.25, 0.3) is 0 Å². The van der Waals surface area contributed by atoms with E-state index in [9.17, 15) is 13.6 Å². The van der Waals surface area contributed by atoms with Crippen LogP contribution in [0.4, 0.5) is 13.6 Å². The molecule has 160 valence electrons. The van der Waals surface area contributed by atoms with E-state index in [0.29, 0.717) is 12.8 Å². The zero-order valence-electron chi connectivity index (χ0n) is 17.7. The molecule has 2 aliphatic heterocycles. The molecule has 0 aromatic rings. The van der Waals surface area contributed by atoms with Crippen LogP contribution in [-0.2, 0) is 18.9 Å². The summed E-state index contributed by atoms with van der Waals surface area (Å²) >= 11 is 0. The largest absolute Gasteiger partial charge is 0.444 e. The third-order valence-electron chi connectivity index (χ3n) is 6.21. The highest BCUT2D eigenvalue weighted by Gasteiger charge is 2.67. The summed E-state index contributed by atoms with van der Waals surface area (Å²) in [7, 11) is 1.51. The van der Waals surface area contributed by atoms with Gasteiger partial charge in [-0.2, -0.15) is 8.78 Å². The van der Waals surface area contributed by atoms with Crippen molar-refractivity contribution in [2.45, 2.75) is 89.1 Å². The molecular formula is C20H31F2NO5. The van der Waals surface area contributed by atoms with Crippen LogP contribution in [0, 0.1) is 5.92 Å². The van der Waals surface area contributed by atoms with Gasteiger partial charge in [0.1, 0.15) is 17.3 Å². The lowest BCUT2D eigenvalue weighted by Gasteiger charge is -2.58. The predicted molar refractivity (Wildman–Crippen MR) is 97.9 cm³/mol. The van der Waals surface area contributed by atoms with Gasteiger partial charge in [0, 0.05) is 13.0 Å². The van der Waals surface area contributed by atoms with Gasteiger partial charge < -0.3 is 18.9 Å². The summed E-state index contributed by atoms with van der Waals surface area (Å²) < 4.78 is 50.4. The molecule has 0 unspecified atom stereocenters. The summed E-state index contributed by atoms with van der Waals surface area (Å²) in [5, 5.41) is 0. The van der Waals surface area contributed by atoms with E-state index >= 15 is 0 Å². The number of rotatable bonds is 2. The molecular weight excluding hydrogens is 372 g/mol. The van der Waals surface area contributed by atoms with Gasteiger partial charge in [0.15, 0.2) is 5.79 Å². The zero-order valence-corrected chi connectivity index (χ0v) is 17.7. The Morgan fingerprint density at radius 3 is 2.25 bits per heavy atom. The lowest BCUT2D eigenvalue weighted by molar-refractivity contribution is -0.394. The zero-order chi connectivity index (χ0) is 21.1. The van der Waals surface area contributed by atoms with E-state index in [-0.39, 0.29) is 6.54 Å². The van der Waals surface area contributed by atoms with Gasteiger partial charge in [-0.05, 0) is 60.5 Å². The quantitative estimate of drug-likeness (QED) is 0.695. The molecule has 0 N–H and O–H groups in total. The normalized spacial score (nSPS) is 35.9. The molecule has 0 aromatic carbocycles. The van der Waals surface area contributed by atoms with E-state index in [1.54, 1.807) is 32.6 Å². The SMILES string of the molecule is CO[C@@]1(C)O[C@@H]2[C@@H](C=C(F)F)C3(CC3)N(C(=O)OC(C)(C)C)C[C@H]2OC1(C)C. The number of carbonyl (C=O) groups is 1. The Balaban J connectivity index is 1.98. The number of halogens is 2. The summed E-state index contributed by atoms with van der Waals surface area (Å²) in [6, 6.07) is 0. The molecule has 28 heavy (non-hydrogen) atoms. The molecule has 3 rings (SSSR count). The van der Waals surface area contributed by atoms with Crippen molar-refractivity contribution in [1.29, 1.82) is 0 Å². The Hall–Kier alpha value is -1.25. The molecule has 8 heteroatoms. The second-order valence-electron chi connectivity index (χ2n) is 9.58. The lowest BCUT2D eigenvalue weighted by atomic mass is 9.80. The fraction of sp³-hybridized carbons (Fsp3) is 0.850. The third-order valence-corrected chi connectivity index (χ3v) is 6.21. The third kappa shape index (κ3) is 3.55. The van der Waals surface area contributed by atoms with Crippen LogP contribution in [0.5, 0.6) is 0 Å². The number of likely N-dealkylation sites (tertiary alicyclic amines) is 1. The minimum atomic E-state index is -1.80. The summed E-state index contributed by atoms with van der Waals surface area (Å²) in [6.07, 6.45) is -1.41. The second-order valence-corrected chi connectivity index (χ2v) is 9.58. The van der Waals surface area contributed by atoms with Crippen LogP contribution in [0.15, 0.2) is 12.2 Å². The number of hydrogen-bond donors (Lipinski definition) is 0. The highest BCUT2D eigenvalue weighted by Crippen LogP contribution is 2.57. The van der Waals surface area contributed by atoms with Crippen LogP contribution >= 0.6 is 0 Å². The predicted octanol–water partition coefficient (Wildman–Crippen LogP) is 4.09. The summed E-state index contributed by atoms with van der Waals surface area (Å²) in [6.45, 7) is 11.0. The Morgan fingerprint density at radius 1 is 1.18 bits per heavy atom. The van der Waals surface area contributed by atoms with Crippen molar-refractivity contribution >= 4 is 6.09 Å². The van der Waals surface area contributed by atoms with Crippen molar-refractivity contribution in [3.05, 3.63) is 12.2 Å². The average Bonchev–Trinajstić information content (AvgIpc) is 3.31. The fourth-order valence-electron chi connectivity index (χ4n) is 4.31. The Labute approximate surface area is 165 Å². The number of nitrogens with zero attached hydrogens (tertiary/aromatic N) is 1. The monoisotopic (exact) mass is 403 g/mol. The number of fused-ring (bicyclic) bond motifs is 1. The van der Waals surface area contributed by atoms with Crippen LogP contribution < -0.4 is 0 Å². The van der Waals surface area contributed by atoms with Crippen LogP contribution in [-0.4, -0.2) is 59.4 Å². The molecule has 1 spiro atoms. The minimum Gasteiger partial charge on any atom is -0.444 e. The highest BCUT2D eigenvalue weighted by molar-refractivity contribution is 5.70. The molecule has 1 amide bonds. The van der Waals surface area contributed by atoms with Crippen molar-refractivity contribution in [2.24, 2.45) is 5.92 Å². The number of piperidine rings is 1. The standard InChI is InChI=1S/C20H31F2NO5/c1-17(2,3)28-16(24)23-11-13-15(12(10-14(21)22)20(23)8-9-20)27-19(6,25-7)18(4,5)26-13/h10,12-13,15H,8-9,11H2,1-7H3/t12-,13-,15-,19+/m1/s1. The maximum Gasteiger partial charge on any atom is 0.410 e. The van der Waals surface area contributed by atoms with Crippen LogP contribution in [0.3, 0.4) is 0 Å². The summed E-state index contributed by atoms with van der Waals surface area (Å²) in [4.78, 5) is 14.5. The van der Waals surface area contributed by atoms with Gasteiger partial charge in [-0.1, -0.05) is 0 Å². The Bertz CT molecular complexity index is 666. The molecule has 3 fully saturated rings. The summed E-state index contributed by atoms with van der Waals surface area (Å²) in [5.74, 6) is -1.81. The van der Waals surface area contributed by atoms with E-state index in [1.807, 2.05) is 13.8 Å². The van der Waals surface area contributed by atoms with Gasteiger partial charge in [0.25, 0.3) is 6.08 Å². The van der Waals surface area contributed by atoms with E-state index < -0.39 is 52.8 Å². The van der Waals surface area contributed by atoms with Gasteiger partial charge >= 0.3 is 6.09 Å². The first-order valence-electron chi connectivity index (χ1n) is 9.69. The molecule has 2 heterocycles. The number of methoxy groups -OCH3 is 1. The van der Waals surface area contributed by atoms with Gasteiger partial charge in [-0.15, -0.1) is 0 Å². The van der Waals surface area contributed by atoms with Gasteiger partial charge in [-0.3, -0.25) is 4.90 Å². The molecule has 0 aromatic heterocycles. The Kier molecular flexibility index (Phi) is 5.09. The van der Waals surface area contributed by atoms with Crippen molar-refractivity contribution in [3.8, 4) is 0 Å². The van der Waals surface area contributed by atoms with Crippen molar-refractivity contribution in [1.82, 2.24) is 4.90 Å². The second kappa shape index (κ2) is 6.64.